The minimum Gasteiger partial charge on any atom is -0.494 e. The number of hydrogen-bond donors (Lipinski definition) is 1. The maximum atomic E-state index is 10.6. The molecule has 1 unspecified atom stereocenters. The first kappa shape index (κ1) is 63.8. The molecule has 14 rings (SSSR count). The molecule has 0 fully saturated rings. The normalized spacial score (nSPS) is 11.9. The Bertz CT molecular complexity index is 4530. The molecule has 25 heteroatoms. The summed E-state index contributed by atoms with van der Waals surface area (Å²) in [6.07, 6.45) is 24.5. The van der Waals surface area contributed by atoms with Gasteiger partial charge < -0.3 is 33.5 Å². The number of benzene rings is 5. The quantitative estimate of drug-likeness (QED) is 0.0842. The van der Waals surface area contributed by atoms with E-state index in [4.69, 9.17) is 47.1 Å². The van der Waals surface area contributed by atoms with Gasteiger partial charge in [0.2, 0.25) is 0 Å². The van der Waals surface area contributed by atoms with Crippen LogP contribution in [0.25, 0.3) is 28.4 Å². The fraction of sp³-hybridized carbons (Fsp3) is 0.179. The first-order chi connectivity index (χ1) is 44.9. The zero-order valence-corrected chi connectivity index (χ0v) is 54.8. The van der Waals surface area contributed by atoms with Crippen LogP contribution in [0.15, 0.2) is 190 Å². The van der Waals surface area contributed by atoms with Gasteiger partial charge in [0.25, 0.3) is 0 Å². The molecule has 1 aliphatic heterocycles. The van der Waals surface area contributed by atoms with Crippen LogP contribution in [0, 0.1) is 13.8 Å². The Morgan fingerprint density at radius 3 is 1.58 bits per heavy atom. The van der Waals surface area contributed by atoms with Gasteiger partial charge in [-0.25, -0.2) is 38.7 Å². The molecule has 0 saturated heterocycles. The van der Waals surface area contributed by atoms with Gasteiger partial charge in [-0.1, -0.05) is 47.5 Å². The van der Waals surface area contributed by atoms with Crippen LogP contribution < -0.4 is 23.8 Å². The maximum absolute atomic E-state index is 10.6. The number of aryl methyl sites for hydroxylation is 2. The molecule has 5 aromatic carbocycles. The van der Waals surface area contributed by atoms with Gasteiger partial charge in [-0.3, -0.25) is 4.79 Å². The number of hydrogen-bond acceptors (Lipinski definition) is 18. The lowest BCUT2D eigenvalue weighted by atomic mass is 9.99. The lowest BCUT2D eigenvalue weighted by Crippen LogP contribution is -2.30. The van der Waals surface area contributed by atoms with E-state index in [2.05, 4.69) is 100 Å². The molecule has 0 bridgehead atoms. The lowest BCUT2D eigenvalue weighted by Gasteiger charge is -2.29. The summed E-state index contributed by atoms with van der Waals surface area (Å²) < 4.78 is 31.8. The molecule has 0 aliphatic carbocycles. The van der Waals surface area contributed by atoms with E-state index < -0.39 is 6.10 Å². The van der Waals surface area contributed by atoms with Crippen molar-refractivity contribution in [1.29, 1.82) is 0 Å². The second kappa shape index (κ2) is 29.9. The predicted octanol–water partition coefficient (Wildman–Crippen LogP) is 13.6. The minimum absolute atomic E-state index is 0.407. The number of carbonyl (C=O) groups is 1. The highest BCUT2D eigenvalue weighted by Gasteiger charge is 2.22. The van der Waals surface area contributed by atoms with Crippen molar-refractivity contribution in [2.75, 3.05) is 39.9 Å². The van der Waals surface area contributed by atoms with Crippen LogP contribution in [-0.2, 0) is 25.8 Å². The predicted molar refractivity (Wildman–Crippen MR) is 360 cm³/mol. The topological polar surface area (TPSA) is 205 Å². The van der Waals surface area contributed by atoms with Crippen LogP contribution in [0.4, 0.5) is 5.13 Å². The Balaban J connectivity index is 0.000000133. The minimum atomic E-state index is -0.782. The first-order valence-corrected chi connectivity index (χ1v) is 32.0. The summed E-state index contributed by atoms with van der Waals surface area (Å²) in [5.74, 6) is 3.88. The molecule has 1 aliphatic rings. The van der Waals surface area contributed by atoms with Gasteiger partial charge in [-0.15, -0.1) is 34.0 Å². The number of imidazole rings is 1. The molecule has 13 aromatic rings. The van der Waals surface area contributed by atoms with Crippen molar-refractivity contribution >= 4 is 68.6 Å². The number of ether oxygens (including phenoxy) is 4. The van der Waals surface area contributed by atoms with Crippen molar-refractivity contribution in [2.24, 2.45) is 0 Å². The molecular formula is C67H62Cl2N14O6S3. The molecule has 20 nitrogen and oxygen atoms in total. The van der Waals surface area contributed by atoms with E-state index in [0.717, 1.165) is 100.0 Å². The van der Waals surface area contributed by atoms with E-state index in [1.807, 2.05) is 91.1 Å². The Labute approximate surface area is 552 Å². The van der Waals surface area contributed by atoms with Crippen LogP contribution in [0.5, 0.6) is 23.0 Å². The van der Waals surface area contributed by atoms with Crippen molar-refractivity contribution in [2.45, 2.75) is 45.8 Å². The summed E-state index contributed by atoms with van der Waals surface area (Å²) in [5, 5.41) is 28.3. The molecular weight excluding hydrogens is 1260 g/mol. The van der Waals surface area contributed by atoms with Crippen LogP contribution >= 0.6 is 57.2 Å². The first-order valence-electron chi connectivity index (χ1n) is 28.8. The average Bonchev–Trinajstić information content (AvgIpc) is 1.52. The monoisotopic (exact) mass is 1320 g/mol. The maximum Gasteiger partial charge on any atom is 0.185 e. The van der Waals surface area contributed by atoms with Crippen LogP contribution in [0.3, 0.4) is 0 Å². The molecule has 0 amide bonds. The fourth-order valence-electron chi connectivity index (χ4n) is 10.3. The Morgan fingerprint density at radius 2 is 1.09 bits per heavy atom. The molecule has 1 atom stereocenters. The third kappa shape index (κ3) is 15.3. The number of carbonyl (C=O) groups excluding carboxylic acids is 1. The summed E-state index contributed by atoms with van der Waals surface area (Å²) in [5.41, 5.74) is 12.1. The number of methoxy groups -OCH3 is 4. The fourth-order valence-corrected chi connectivity index (χ4v) is 13.2. The van der Waals surface area contributed by atoms with E-state index in [9.17, 15) is 9.90 Å². The van der Waals surface area contributed by atoms with Crippen LogP contribution in [0.2, 0.25) is 8.93 Å². The van der Waals surface area contributed by atoms with Crippen molar-refractivity contribution in [3.8, 4) is 51.4 Å². The van der Waals surface area contributed by atoms with Gasteiger partial charge in [-0.2, -0.15) is 20.4 Å². The lowest BCUT2D eigenvalue weighted by molar-refractivity contribution is 0.112. The Morgan fingerprint density at radius 1 is 0.576 bits per heavy atom. The van der Waals surface area contributed by atoms with E-state index in [1.165, 1.54) is 49.9 Å². The van der Waals surface area contributed by atoms with Gasteiger partial charge in [0, 0.05) is 121 Å². The smallest absolute Gasteiger partial charge is 0.185 e. The molecule has 1 N–H and O–H groups in total. The van der Waals surface area contributed by atoms with Gasteiger partial charge in [0.05, 0.1) is 39.0 Å². The number of rotatable bonds is 17. The summed E-state index contributed by atoms with van der Waals surface area (Å²) in [6, 6.07) is 37.3. The largest absolute Gasteiger partial charge is 0.494 e. The molecule has 0 spiro atoms. The van der Waals surface area contributed by atoms with Gasteiger partial charge >= 0.3 is 0 Å². The number of nitrogens with zero attached hydrogens (tertiary/aromatic N) is 14. The van der Waals surface area contributed by atoms with Crippen molar-refractivity contribution in [1.82, 2.24) is 63.6 Å². The van der Waals surface area contributed by atoms with Gasteiger partial charge in [-0.05, 0) is 139 Å². The van der Waals surface area contributed by atoms with Crippen LogP contribution in [0.1, 0.15) is 70.4 Å². The number of aldehydes is 1. The third-order valence-electron chi connectivity index (χ3n) is 14.7. The van der Waals surface area contributed by atoms with E-state index in [1.54, 1.807) is 115 Å². The number of fused-ring (bicyclic) bond motifs is 1. The number of aromatic nitrogens is 13. The summed E-state index contributed by atoms with van der Waals surface area (Å²) in [7, 11) is 6.51. The molecule has 0 saturated carbocycles. The summed E-state index contributed by atoms with van der Waals surface area (Å²) in [6.45, 7) is 5.94. The standard InChI is InChI=1S/C28H28N6OS.C14H12ClN3O2S.C14H12ClN3OS.C11H10N2O2/c1-19-17-33(20(2)31-19)24-7-6-22-9-12-32(18-23(22)15-24)28-29-16-25(36-28)13-21-5-8-26(27(14-21)35-3)34-11-4-10-30-34;1-20-11-7-9(13(19)12-8-16-14(15)21-12)3-4-10(11)18-6-2-5-17-18;1-19-13-8-10(7-11-9-16-14(15)20-11)3-4-12(13)18-6-2-5-17-18;1-15-11-7-9(8-14)3-4-10(11)13-6-2-5-12-13/h4-8,10-11,14-17H,9,12-13,18H2,1-3H3;2-8,13,19H,1H3;2-6,8-9H,7H2,1H3;2-8H,1H3. The Kier molecular flexibility index (Phi) is 20.7. The second-order valence-corrected chi connectivity index (χ2v) is 25.1. The molecule has 92 heavy (non-hydrogen) atoms. The van der Waals surface area contributed by atoms with Crippen LogP contribution in [-0.4, -0.2) is 110 Å². The molecule has 468 valence electrons. The van der Waals surface area contributed by atoms with Gasteiger partial charge in [0.1, 0.15) is 64.0 Å². The van der Waals surface area contributed by atoms with E-state index >= 15 is 0 Å². The zero-order chi connectivity index (χ0) is 64.1. The number of halogens is 2. The summed E-state index contributed by atoms with van der Waals surface area (Å²) in [4.78, 5) is 33.4. The third-order valence-corrected chi connectivity index (χ3v) is 18.0. The number of aliphatic hydroxyl groups excluding tert-OH is 1. The van der Waals surface area contributed by atoms with Crippen molar-refractivity contribution in [3.05, 3.63) is 258 Å². The van der Waals surface area contributed by atoms with E-state index in [-0.39, 0.29) is 0 Å². The van der Waals surface area contributed by atoms with Crippen molar-refractivity contribution < 1.29 is 28.8 Å². The number of aliphatic hydroxyl groups is 1. The molecule has 8 aromatic heterocycles. The highest BCUT2D eigenvalue weighted by Crippen LogP contribution is 2.35. The number of thiazole rings is 3. The summed E-state index contributed by atoms with van der Waals surface area (Å²) >= 11 is 16.2. The highest BCUT2D eigenvalue weighted by atomic mass is 35.5. The van der Waals surface area contributed by atoms with Gasteiger partial charge in [0.15, 0.2) is 14.1 Å². The SMILES string of the molecule is COc1cc(C(O)c2cnc(Cl)s2)ccc1-n1cccn1.COc1cc(C=O)ccc1-n1cccn1.COc1cc(Cc2cnc(Cl)s2)ccc1-n1cccn1.COc1cc(Cc2cnc(N3CCc4ccc(-n5cc(C)nc5C)cc4C3)s2)ccc1-n1cccn1. The Hall–Kier alpha value is -9.75. The molecule has 0 radical (unpaired) electrons. The zero-order valence-electron chi connectivity index (χ0n) is 50.8. The van der Waals surface area contributed by atoms with E-state index in [0.29, 0.717) is 36.4 Å². The average molecular weight is 1330 g/mol. The second-order valence-electron chi connectivity index (χ2n) is 20.7. The number of anilines is 1. The highest BCUT2D eigenvalue weighted by molar-refractivity contribution is 7.16. The van der Waals surface area contributed by atoms with Crippen molar-refractivity contribution in [3.63, 3.8) is 0 Å². The molecule has 9 heterocycles.